The number of aromatic amines is 1. The average Bonchev–Trinajstić information content (AvgIpc) is 3.12. The molecule has 4 rings (SSSR count). The van der Waals surface area contributed by atoms with Crippen LogP contribution in [0.4, 0.5) is 0 Å². The highest BCUT2D eigenvalue weighted by atomic mass is 32.2. The van der Waals surface area contributed by atoms with Crippen LogP contribution in [0.25, 0.3) is 10.9 Å². The van der Waals surface area contributed by atoms with Crippen molar-refractivity contribution in [2.45, 2.75) is 38.8 Å². The summed E-state index contributed by atoms with van der Waals surface area (Å²) in [5, 5.41) is 1.04. The molecule has 1 amide bonds. The first-order valence-electron chi connectivity index (χ1n) is 10.0. The van der Waals surface area contributed by atoms with Crippen molar-refractivity contribution in [1.82, 2.24) is 14.8 Å². The highest BCUT2D eigenvalue weighted by molar-refractivity contribution is 7.99. The minimum Gasteiger partial charge on any atom is -0.490 e. The lowest BCUT2D eigenvalue weighted by Crippen LogP contribution is -2.41. The summed E-state index contributed by atoms with van der Waals surface area (Å²) in [4.78, 5) is 20.4. The molecule has 2 aliphatic heterocycles. The fourth-order valence-electron chi connectivity index (χ4n) is 3.94. The fraction of sp³-hybridized carbons (Fsp3) is 0.571. The Kier molecular flexibility index (Phi) is 5.64. The van der Waals surface area contributed by atoms with Crippen molar-refractivity contribution < 1.29 is 9.53 Å². The summed E-state index contributed by atoms with van der Waals surface area (Å²) < 4.78 is 6.24. The molecular weight excluding hydrogens is 358 g/mol. The van der Waals surface area contributed by atoms with Crippen molar-refractivity contribution in [3.63, 3.8) is 0 Å². The van der Waals surface area contributed by atoms with Crippen molar-refractivity contribution in [2.24, 2.45) is 0 Å². The Labute approximate surface area is 165 Å². The van der Waals surface area contributed by atoms with Gasteiger partial charge in [0.1, 0.15) is 17.5 Å². The molecule has 0 unspecified atom stereocenters. The van der Waals surface area contributed by atoms with Gasteiger partial charge in [-0.2, -0.15) is 11.8 Å². The molecule has 2 aromatic rings. The minimum absolute atomic E-state index is 0.107. The third-order valence-electron chi connectivity index (χ3n) is 5.63. The molecular formula is C21H29N3O2S. The van der Waals surface area contributed by atoms with Gasteiger partial charge in [-0.3, -0.25) is 4.79 Å². The van der Waals surface area contributed by atoms with Crippen LogP contribution in [-0.2, 0) is 0 Å². The van der Waals surface area contributed by atoms with E-state index in [9.17, 15) is 4.79 Å². The summed E-state index contributed by atoms with van der Waals surface area (Å²) in [7, 11) is 0. The van der Waals surface area contributed by atoms with Crippen LogP contribution in [0.3, 0.4) is 0 Å². The predicted octanol–water partition coefficient (Wildman–Crippen LogP) is 3.61. The van der Waals surface area contributed by atoms with Crippen molar-refractivity contribution >= 4 is 28.6 Å². The minimum atomic E-state index is 0.107. The molecule has 146 valence electrons. The molecule has 1 aromatic heterocycles. The van der Waals surface area contributed by atoms with Gasteiger partial charge < -0.3 is 19.5 Å². The number of aromatic nitrogens is 1. The van der Waals surface area contributed by atoms with Gasteiger partial charge in [-0.15, -0.1) is 0 Å². The molecule has 0 bridgehead atoms. The van der Waals surface area contributed by atoms with E-state index in [1.54, 1.807) is 0 Å². The Morgan fingerprint density at radius 3 is 2.59 bits per heavy atom. The van der Waals surface area contributed by atoms with Crippen LogP contribution >= 0.6 is 11.8 Å². The van der Waals surface area contributed by atoms with Gasteiger partial charge in [0.2, 0.25) is 0 Å². The van der Waals surface area contributed by atoms with Crippen molar-refractivity contribution in [2.75, 3.05) is 37.7 Å². The first-order valence-corrected chi connectivity index (χ1v) is 11.2. The summed E-state index contributed by atoms with van der Waals surface area (Å²) >= 11 is 1.91. The number of piperidine rings is 1. The summed E-state index contributed by atoms with van der Waals surface area (Å²) in [6, 6.07) is 8.67. The molecule has 1 N–H and O–H groups in total. The lowest BCUT2D eigenvalue weighted by molar-refractivity contribution is 0.0767. The summed E-state index contributed by atoms with van der Waals surface area (Å²) in [6.07, 6.45) is 2.42. The lowest BCUT2D eigenvalue weighted by atomic mass is 10.1. The third kappa shape index (κ3) is 4.27. The number of carbonyl (C=O) groups is 1. The van der Waals surface area contributed by atoms with Crippen LogP contribution in [0, 0.1) is 0 Å². The molecule has 2 saturated heterocycles. The highest BCUT2D eigenvalue weighted by Crippen LogP contribution is 2.26. The molecule has 3 heterocycles. The van der Waals surface area contributed by atoms with Crippen molar-refractivity contribution in [1.29, 1.82) is 0 Å². The van der Waals surface area contributed by atoms with Crippen LogP contribution in [0.15, 0.2) is 24.3 Å². The number of benzene rings is 1. The van der Waals surface area contributed by atoms with Crippen molar-refractivity contribution in [3.05, 3.63) is 30.0 Å². The van der Waals surface area contributed by atoms with Gasteiger partial charge in [0.25, 0.3) is 5.91 Å². The van der Waals surface area contributed by atoms with E-state index in [1.807, 2.05) is 34.9 Å². The normalized spacial score (nSPS) is 19.7. The average molecular weight is 388 g/mol. The van der Waals surface area contributed by atoms with E-state index in [-0.39, 0.29) is 12.0 Å². The molecule has 5 nitrogen and oxygen atoms in total. The zero-order valence-electron chi connectivity index (χ0n) is 16.2. The molecule has 27 heavy (non-hydrogen) atoms. The third-order valence-corrected chi connectivity index (χ3v) is 6.57. The van der Waals surface area contributed by atoms with E-state index in [0.29, 0.717) is 11.7 Å². The van der Waals surface area contributed by atoms with E-state index in [4.69, 9.17) is 4.74 Å². The van der Waals surface area contributed by atoms with Gasteiger partial charge in [-0.05, 0) is 51.0 Å². The number of thioether (sulfide) groups is 1. The summed E-state index contributed by atoms with van der Waals surface area (Å²) in [5.74, 6) is 3.06. The second-order valence-electron chi connectivity index (χ2n) is 7.78. The van der Waals surface area contributed by atoms with E-state index in [0.717, 1.165) is 67.2 Å². The number of hydrogen-bond acceptors (Lipinski definition) is 4. The van der Waals surface area contributed by atoms with E-state index >= 15 is 0 Å². The number of hydrogen-bond donors (Lipinski definition) is 1. The number of carbonyl (C=O) groups excluding carboxylic acids is 1. The van der Waals surface area contributed by atoms with Crippen LogP contribution in [0.5, 0.6) is 5.75 Å². The number of rotatable bonds is 4. The highest BCUT2D eigenvalue weighted by Gasteiger charge is 2.23. The first-order chi connectivity index (χ1) is 13.1. The van der Waals surface area contributed by atoms with Crippen LogP contribution in [0.1, 0.15) is 37.2 Å². The smallest absolute Gasteiger partial charge is 0.270 e. The number of amides is 1. The zero-order chi connectivity index (χ0) is 18.8. The maximum Gasteiger partial charge on any atom is 0.270 e. The van der Waals surface area contributed by atoms with Gasteiger partial charge in [0.05, 0.1) is 0 Å². The molecule has 0 aliphatic carbocycles. The van der Waals surface area contributed by atoms with Crippen LogP contribution in [0.2, 0.25) is 0 Å². The van der Waals surface area contributed by atoms with Gasteiger partial charge in [0, 0.05) is 54.6 Å². The Balaban J connectivity index is 1.43. The maximum absolute atomic E-state index is 12.7. The van der Waals surface area contributed by atoms with Crippen molar-refractivity contribution in [3.8, 4) is 5.75 Å². The SMILES string of the molecule is CC(C)N1CCC(Oc2ccc3[nH]c(C(=O)N4CCSCC4)cc3c2)CC1. The Morgan fingerprint density at radius 2 is 1.89 bits per heavy atom. The number of nitrogens with one attached hydrogen (secondary N) is 1. The second kappa shape index (κ2) is 8.15. The fourth-order valence-corrected chi connectivity index (χ4v) is 4.84. The molecule has 0 spiro atoms. The number of fused-ring (bicyclic) bond motifs is 1. The summed E-state index contributed by atoms with van der Waals surface area (Å²) in [5.41, 5.74) is 1.67. The van der Waals surface area contributed by atoms with Crippen LogP contribution < -0.4 is 4.74 Å². The molecule has 0 atom stereocenters. The quantitative estimate of drug-likeness (QED) is 0.871. The standard InChI is InChI=1S/C21H29N3O2S/c1-15(2)23-7-5-17(6-8-23)26-18-3-4-19-16(13-18)14-20(22-19)21(25)24-9-11-27-12-10-24/h3-4,13-15,17,22H,5-12H2,1-2H3. The number of nitrogens with zero attached hydrogens (tertiary/aromatic N) is 2. The summed E-state index contributed by atoms with van der Waals surface area (Å²) in [6.45, 7) is 8.37. The Morgan fingerprint density at radius 1 is 1.15 bits per heavy atom. The maximum atomic E-state index is 12.7. The van der Waals surface area contributed by atoms with Gasteiger partial charge in [-0.25, -0.2) is 0 Å². The number of likely N-dealkylation sites (tertiary alicyclic amines) is 1. The van der Waals surface area contributed by atoms with Crippen LogP contribution in [-0.4, -0.2) is 70.5 Å². The van der Waals surface area contributed by atoms with Gasteiger partial charge in [0.15, 0.2) is 0 Å². The monoisotopic (exact) mass is 387 g/mol. The topological polar surface area (TPSA) is 48.6 Å². The van der Waals surface area contributed by atoms with E-state index in [2.05, 4.69) is 29.8 Å². The Hall–Kier alpha value is -1.66. The molecule has 6 heteroatoms. The molecule has 1 aromatic carbocycles. The molecule has 2 fully saturated rings. The molecule has 0 radical (unpaired) electrons. The number of H-pyrrole nitrogens is 1. The first kappa shape index (κ1) is 18.7. The lowest BCUT2D eigenvalue weighted by Gasteiger charge is -2.34. The number of ether oxygens (including phenoxy) is 1. The van der Waals surface area contributed by atoms with Gasteiger partial charge in [-0.1, -0.05) is 0 Å². The van der Waals surface area contributed by atoms with Gasteiger partial charge >= 0.3 is 0 Å². The molecule has 2 aliphatic rings. The Bertz CT molecular complexity index is 790. The van der Waals surface area contributed by atoms with E-state index in [1.165, 1.54) is 0 Å². The zero-order valence-corrected chi connectivity index (χ0v) is 17.1. The largest absolute Gasteiger partial charge is 0.490 e. The van der Waals surface area contributed by atoms with E-state index < -0.39 is 0 Å². The molecule has 0 saturated carbocycles. The predicted molar refractivity (Wildman–Crippen MR) is 112 cm³/mol. The second-order valence-corrected chi connectivity index (χ2v) is 9.01.